The number of hydrogen-bond acceptors (Lipinski definition) is 3. The molecule has 0 N–H and O–H groups in total. The molecule has 3 nitrogen and oxygen atoms in total. The predicted octanol–water partition coefficient (Wildman–Crippen LogP) is 3.65. The minimum absolute atomic E-state index is 0.0568. The molecule has 0 bridgehead atoms. The number of hydrogen-bond donors (Lipinski definition) is 0. The van der Waals surface area contributed by atoms with E-state index in [0.29, 0.717) is 11.1 Å². The number of methoxy groups -OCH3 is 1. The Morgan fingerprint density at radius 1 is 0.955 bits per heavy atom. The molecule has 0 radical (unpaired) electrons. The van der Waals surface area contributed by atoms with Crippen molar-refractivity contribution in [3.05, 3.63) is 76.9 Å². The van der Waals surface area contributed by atoms with Crippen LogP contribution in [-0.2, 0) is 4.74 Å². The largest absolute Gasteiger partial charge is 0.465 e. The van der Waals surface area contributed by atoms with Gasteiger partial charge in [-0.3, -0.25) is 4.79 Å². The average molecular weight is 302 g/mol. The van der Waals surface area contributed by atoms with Gasteiger partial charge in [-0.05, 0) is 42.0 Å². The lowest BCUT2D eigenvalue weighted by atomic mass is 10.1. The molecule has 2 aromatic rings. The molecular weight excluding hydrogens is 290 g/mol. The maximum atomic E-state index is 13.1. The van der Waals surface area contributed by atoms with Gasteiger partial charge in [0.2, 0.25) is 0 Å². The van der Waals surface area contributed by atoms with E-state index in [1.165, 1.54) is 25.3 Å². The molecule has 0 aliphatic rings. The molecule has 2 rings (SSSR count). The van der Waals surface area contributed by atoms with E-state index in [0.717, 1.165) is 12.1 Å². The quantitative estimate of drug-likeness (QED) is 0.492. The van der Waals surface area contributed by atoms with Crippen LogP contribution in [0.2, 0.25) is 0 Å². The predicted molar refractivity (Wildman–Crippen MR) is 77.5 cm³/mol. The van der Waals surface area contributed by atoms with Crippen LogP contribution in [0.25, 0.3) is 6.08 Å². The molecule has 0 amide bonds. The van der Waals surface area contributed by atoms with Gasteiger partial charge in [0.15, 0.2) is 17.4 Å². The van der Waals surface area contributed by atoms with Gasteiger partial charge in [0, 0.05) is 5.56 Å². The number of carbonyl (C=O) groups excluding carboxylic acids is 2. The minimum atomic E-state index is -1.07. The van der Waals surface area contributed by atoms with E-state index < -0.39 is 23.4 Å². The Hall–Kier alpha value is -2.82. The summed E-state index contributed by atoms with van der Waals surface area (Å²) in [6.45, 7) is 0. The van der Waals surface area contributed by atoms with Crippen LogP contribution < -0.4 is 0 Å². The zero-order chi connectivity index (χ0) is 16.1. The summed E-state index contributed by atoms with van der Waals surface area (Å²) in [4.78, 5) is 23.1. The number of allylic oxidation sites excluding steroid dienone is 1. The van der Waals surface area contributed by atoms with Crippen molar-refractivity contribution in [1.29, 1.82) is 0 Å². The number of rotatable bonds is 4. The van der Waals surface area contributed by atoms with Crippen LogP contribution in [0.4, 0.5) is 8.78 Å². The summed E-state index contributed by atoms with van der Waals surface area (Å²) < 4.78 is 30.4. The summed E-state index contributed by atoms with van der Waals surface area (Å²) in [7, 11) is 1.29. The van der Waals surface area contributed by atoms with Crippen molar-refractivity contribution in [2.24, 2.45) is 0 Å². The van der Waals surface area contributed by atoms with Crippen LogP contribution in [0.1, 0.15) is 26.3 Å². The van der Waals surface area contributed by atoms with E-state index in [1.807, 2.05) is 0 Å². The van der Waals surface area contributed by atoms with E-state index in [2.05, 4.69) is 4.74 Å². The lowest BCUT2D eigenvalue weighted by Gasteiger charge is -2.00. The molecule has 0 aliphatic heterocycles. The maximum Gasteiger partial charge on any atom is 0.337 e. The third-order valence-electron chi connectivity index (χ3n) is 2.96. The Balaban J connectivity index is 2.12. The van der Waals surface area contributed by atoms with E-state index in [9.17, 15) is 18.4 Å². The monoisotopic (exact) mass is 302 g/mol. The van der Waals surface area contributed by atoms with Crippen LogP contribution in [-0.4, -0.2) is 18.9 Å². The van der Waals surface area contributed by atoms with E-state index in [4.69, 9.17) is 0 Å². The van der Waals surface area contributed by atoms with Crippen molar-refractivity contribution < 1.29 is 23.1 Å². The van der Waals surface area contributed by atoms with E-state index >= 15 is 0 Å². The van der Waals surface area contributed by atoms with Crippen molar-refractivity contribution in [2.75, 3.05) is 7.11 Å². The van der Waals surface area contributed by atoms with Crippen molar-refractivity contribution >= 4 is 17.8 Å². The number of carbonyl (C=O) groups is 2. The van der Waals surface area contributed by atoms with Crippen LogP contribution >= 0.6 is 0 Å². The summed E-state index contributed by atoms with van der Waals surface area (Å²) in [5.41, 5.74) is 1.14. The number of benzene rings is 2. The van der Waals surface area contributed by atoms with Gasteiger partial charge in [-0.15, -0.1) is 0 Å². The van der Waals surface area contributed by atoms with Crippen LogP contribution in [0.5, 0.6) is 0 Å². The SMILES string of the molecule is COC(=O)c1ccc(C=CC(=O)c2ccc(F)c(F)c2)cc1. The summed E-state index contributed by atoms with van der Waals surface area (Å²) in [6.07, 6.45) is 2.77. The molecule has 112 valence electrons. The zero-order valence-electron chi connectivity index (χ0n) is 11.7. The second-order valence-corrected chi connectivity index (χ2v) is 4.44. The maximum absolute atomic E-state index is 13.1. The van der Waals surface area contributed by atoms with Crippen LogP contribution in [0.3, 0.4) is 0 Å². The van der Waals surface area contributed by atoms with Crippen molar-refractivity contribution in [3.8, 4) is 0 Å². The van der Waals surface area contributed by atoms with Gasteiger partial charge in [-0.25, -0.2) is 13.6 Å². The fourth-order valence-electron chi connectivity index (χ4n) is 1.77. The fourth-order valence-corrected chi connectivity index (χ4v) is 1.77. The molecule has 0 aromatic heterocycles. The minimum Gasteiger partial charge on any atom is -0.465 e. The molecule has 0 fully saturated rings. The lowest BCUT2D eigenvalue weighted by Crippen LogP contribution is -2.00. The van der Waals surface area contributed by atoms with Gasteiger partial charge in [0.25, 0.3) is 0 Å². The third-order valence-corrected chi connectivity index (χ3v) is 2.96. The Morgan fingerprint density at radius 2 is 1.59 bits per heavy atom. The number of ether oxygens (including phenoxy) is 1. The molecule has 2 aromatic carbocycles. The van der Waals surface area contributed by atoms with Crippen molar-refractivity contribution in [3.63, 3.8) is 0 Å². The summed E-state index contributed by atoms with van der Waals surface area (Å²) in [5.74, 6) is -2.97. The van der Waals surface area contributed by atoms with E-state index in [1.54, 1.807) is 24.3 Å². The molecule has 0 spiro atoms. The van der Waals surface area contributed by atoms with Gasteiger partial charge >= 0.3 is 5.97 Å². The standard InChI is InChI=1S/C17H12F2O3/c1-22-17(21)12-5-2-11(3-6-12)4-9-16(20)13-7-8-14(18)15(19)10-13/h2-10H,1H3. The zero-order valence-corrected chi connectivity index (χ0v) is 11.7. The fraction of sp³-hybridized carbons (Fsp3) is 0.0588. The Bertz CT molecular complexity index is 734. The molecule has 0 heterocycles. The van der Waals surface area contributed by atoms with E-state index in [-0.39, 0.29) is 5.56 Å². The number of esters is 1. The van der Waals surface area contributed by atoms with Gasteiger partial charge in [0.05, 0.1) is 12.7 Å². The first kappa shape index (κ1) is 15.6. The molecule has 0 aliphatic carbocycles. The lowest BCUT2D eigenvalue weighted by molar-refractivity contribution is 0.0600. The Morgan fingerprint density at radius 3 is 2.18 bits per heavy atom. The Kier molecular flexibility index (Phi) is 4.78. The second kappa shape index (κ2) is 6.76. The molecule has 0 unspecified atom stereocenters. The molecule has 0 saturated carbocycles. The molecule has 0 saturated heterocycles. The van der Waals surface area contributed by atoms with Crippen LogP contribution in [0, 0.1) is 11.6 Å². The molecular formula is C17H12F2O3. The highest BCUT2D eigenvalue weighted by molar-refractivity contribution is 6.06. The average Bonchev–Trinajstić information content (AvgIpc) is 2.54. The van der Waals surface area contributed by atoms with Crippen molar-refractivity contribution in [1.82, 2.24) is 0 Å². The number of ketones is 1. The normalized spacial score (nSPS) is 10.7. The molecule has 22 heavy (non-hydrogen) atoms. The summed E-state index contributed by atoms with van der Waals surface area (Å²) in [6, 6.07) is 9.37. The van der Waals surface area contributed by atoms with Gasteiger partial charge in [-0.1, -0.05) is 18.2 Å². The first-order valence-corrected chi connectivity index (χ1v) is 6.37. The first-order chi connectivity index (χ1) is 10.5. The topological polar surface area (TPSA) is 43.4 Å². The van der Waals surface area contributed by atoms with Gasteiger partial charge in [0.1, 0.15) is 0 Å². The summed E-state index contributed by atoms with van der Waals surface area (Å²) in [5, 5.41) is 0. The summed E-state index contributed by atoms with van der Waals surface area (Å²) >= 11 is 0. The first-order valence-electron chi connectivity index (χ1n) is 6.37. The van der Waals surface area contributed by atoms with Crippen LogP contribution in [0.15, 0.2) is 48.5 Å². The van der Waals surface area contributed by atoms with Crippen molar-refractivity contribution in [2.45, 2.75) is 0 Å². The molecule has 5 heteroatoms. The van der Waals surface area contributed by atoms with Gasteiger partial charge in [-0.2, -0.15) is 0 Å². The highest BCUT2D eigenvalue weighted by Gasteiger charge is 2.07. The van der Waals surface area contributed by atoms with Gasteiger partial charge < -0.3 is 4.74 Å². The number of halogens is 2. The smallest absolute Gasteiger partial charge is 0.337 e. The second-order valence-electron chi connectivity index (χ2n) is 4.44. The molecule has 0 atom stereocenters. The highest BCUT2D eigenvalue weighted by atomic mass is 19.2. The highest BCUT2D eigenvalue weighted by Crippen LogP contribution is 2.12. The Labute approximate surface area is 125 Å². The third kappa shape index (κ3) is 3.63.